The van der Waals surface area contributed by atoms with Crippen LogP contribution in [-0.2, 0) is 4.79 Å². The van der Waals surface area contributed by atoms with Crippen molar-refractivity contribution in [2.75, 3.05) is 6.54 Å². The second-order valence-electron chi connectivity index (χ2n) is 1.63. The van der Waals surface area contributed by atoms with Crippen LogP contribution in [0.4, 0.5) is 0 Å². The fourth-order valence-corrected chi connectivity index (χ4v) is 0.685. The minimum Gasteiger partial charge on any atom is -0.503 e. The Balaban J connectivity index is 2.92. The molecule has 3 nitrogen and oxygen atoms in total. The van der Waals surface area contributed by atoms with Crippen LogP contribution in [0.5, 0.6) is 0 Å². The monoisotopic (exact) mass is 143 g/mol. The molecule has 0 unspecified atom stereocenters. The molecule has 0 saturated heterocycles. The van der Waals surface area contributed by atoms with E-state index in [1.807, 2.05) is 0 Å². The van der Waals surface area contributed by atoms with Gasteiger partial charge >= 0.3 is 0 Å². The van der Waals surface area contributed by atoms with E-state index in [4.69, 9.17) is 5.11 Å². The summed E-state index contributed by atoms with van der Waals surface area (Å²) in [5, 5.41) is 8.81. The zero-order valence-electron chi connectivity index (χ0n) is 4.53. The fourth-order valence-electron chi connectivity index (χ4n) is 0.493. The Morgan fingerprint density at radius 3 is 2.89 bits per heavy atom. The summed E-state index contributed by atoms with van der Waals surface area (Å²) in [5.74, 6) is -0.750. The fraction of sp³-hybridized carbons (Fsp3) is 0.200. The van der Waals surface area contributed by atoms with Gasteiger partial charge in [-0.15, -0.1) is 12.6 Å². The van der Waals surface area contributed by atoms with Gasteiger partial charge in [0.1, 0.15) is 0 Å². The number of aliphatic imine (C=N–C) groups is 1. The van der Waals surface area contributed by atoms with Gasteiger partial charge in [0, 0.05) is 4.91 Å². The Morgan fingerprint density at radius 1 is 1.78 bits per heavy atom. The number of carbonyl (C=O) groups excluding carboxylic acids is 1. The van der Waals surface area contributed by atoms with Crippen LogP contribution < -0.4 is 0 Å². The van der Waals surface area contributed by atoms with Crippen LogP contribution in [0.15, 0.2) is 15.7 Å². The van der Waals surface area contributed by atoms with Crippen molar-refractivity contribution >= 4 is 24.6 Å². The lowest BCUT2D eigenvalue weighted by Crippen LogP contribution is -2.10. The summed E-state index contributed by atoms with van der Waals surface area (Å²) in [6.07, 6.45) is 1.09. The SMILES string of the molecule is O=C1C=NCC(S)=C1O. The highest BCUT2D eigenvalue weighted by Crippen LogP contribution is 2.10. The Morgan fingerprint density at radius 2 is 2.44 bits per heavy atom. The smallest absolute Gasteiger partial charge is 0.238 e. The van der Waals surface area contributed by atoms with E-state index in [1.165, 1.54) is 0 Å². The largest absolute Gasteiger partial charge is 0.503 e. The van der Waals surface area contributed by atoms with Crippen molar-refractivity contribution in [2.45, 2.75) is 0 Å². The molecule has 0 amide bonds. The second kappa shape index (κ2) is 2.23. The first kappa shape index (κ1) is 6.35. The van der Waals surface area contributed by atoms with E-state index in [0.717, 1.165) is 6.21 Å². The number of hydrogen-bond acceptors (Lipinski definition) is 4. The number of nitrogens with zero attached hydrogens (tertiary/aromatic N) is 1. The molecule has 0 atom stereocenters. The van der Waals surface area contributed by atoms with E-state index in [2.05, 4.69) is 17.6 Å². The molecule has 1 rings (SSSR count). The van der Waals surface area contributed by atoms with E-state index in [1.54, 1.807) is 0 Å². The first-order valence-electron chi connectivity index (χ1n) is 2.37. The van der Waals surface area contributed by atoms with Gasteiger partial charge in [0.2, 0.25) is 5.78 Å². The van der Waals surface area contributed by atoms with Crippen LogP contribution in [0.1, 0.15) is 0 Å². The van der Waals surface area contributed by atoms with Gasteiger partial charge in [-0.3, -0.25) is 9.79 Å². The van der Waals surface area contributed by atoms with Crippen LogP contribution in [-0.4, -0.2) is 23.6 Å². The summed E-state index contributed by atoms with van der Waals surface area (Å²) in [7, 11) is 0. The molecular weight excluding hydrogens is 138 g/mol. The third-order valence-corrected chi connectivity index (χ3v) is 1.31. The Kier molecular flexibility index (Phi) is 1.57. The van der Waals surface area contributed by atoms with Gasteiger partial charge in [-0.2, -0.15) is 0 Å². The predicted molar refractivity (Wildman–Crippen MR) is 37.0 cm³/mol. The number of dihydropyridines is 1. The number of carbonyl (C=O) groups is 1. The number of aliphatic hydroxyl groups is 1. The summed E-state index contributed by atoms with van der Waals surface area (Å²) >= 11 is 3.81. The van der Waals surface area contributed by atoms with E-state index in [0.29, 0.717) is 11.4 Å². The molecule has 0 saturated carbocycles. The van der Waals surface area contributed by atoms with Gasteiger partial charge < -0.3 is 5.11 Å². The number of ketones is 1. The number of Topliss-reactive ketones (excluding diaryl/α,β-unsaturated/α-hetero) is 1. The van der Waals surface area contributed by atoms with Gasteiger partial charge in [-0.05, 0) is 0 Å². The number of allylic oxidation sites excluding steroid dienone is 1. The standard InChI is InChI=1S/C5H5NO2S/c7-3-1-6-2-4(9)5(3)8/h1,8-9H,2H2. The molecule has 9 heavy (non-hydrogen) atoms. The van der Waals surface area contributed by atoms with E-state index in [-0.39, 0.29) is 5.76 Å². The summed E-state index contributed by atoms with van der Waals surface area (Å²) in [4.78, 5) is 14.5. The molecule has 0 aliphatic carbocycles. The van der Waals surface area contributed by atoms with Crippen molar-refractivity contribution < 1.29 is 9.90 Å². The molecule has 0 bridgehead atoms. The average molecular weight is 143 g/mol. The Hall–Kier alpha value is -0.770. The first-order valence-corrected chi connectivity index (χ1v) is 2.82. The maximum absolute atomic E-state index is 10.5. The van der Waals surface area contributed by atoms with Gasteiger partial charge in [0.05, 0.1) is 12.8 Å². The summed E-state index contributed by atoms with van der Waals surface area (Å²) < 4.78 is 0. The van der Waals surface area contributed by atoms with E-state index < -0.39 is 5.78 Å². The molecule has 4 heteroatoms. The highest BCUT2D eigenvalue weighted by Gasteiger charge is 2.12. The van der Waals surface area contributed by atoms with Crippen molar-refractivity contribution in [3.05, 3.63) is 10.7 Å². The summed E-state index contributed by atoms with van der Waals surface area (Å²) in [6.45, 7) is 0.306. The molecule has 0 radical (unpaired) electrons. The van der Waals surface area contributed by atoms with Crippen molar-refractivity contribution in [1.29, 1.82) is 0 Å². The second-order valence-corrected chi connectivity index (χ2v) is 2.17. The maximum Gasteiger partial charge on any atom is 0.238 e. The summed E-state index contributed by atoms with van der Waals surface area (Å²) in [6, 6.07) is 0. The zero-order chi connectivity index (χ0) is 6.85. The molecule has 1 aliphatic rings. The van der Waals surface area contributed by atoms with Crippen molar-refractivity contribution in [3.63, 3.8) is 0 Å². The number of aliphatic hydroxyl groups excluding tert-OH is 1. The maximum atomic E-state index is 10.5. The van der Waals surface area contributed by atoms with Crippen LogP contribution in [0.3, 0.4) is 0 Å². The van der Waals surface area contributed by atoms with Gasteiger partial charge in [-0.25, -0.2) is 0 Å². The van der Waals surface area contributed by atoms with E-state index in [9.17, 15) is 4.79 Å². The average Bonchev–Trinajstić information content (AvgIpc) is 1.83. The molecule has 0 aromatic heterocycles. The van der Waals surface area contributed by atoms with Crippen LogP contribution in [0.25, 0.3) is 0 Å². The van der Waals surface area contributed by atoms with Gasteiger partial charge in [-0.1, -0.05) is 0 Å². The predicted octanol–water partition coefficient (Wildman–Crippen LogP) is 0.339. The zero-order valence-corrected chi connectivity index (χ0v) is 5.43. The quantitative estimate of drug-likeness (QED) is 0.480. The lowest BCUT2D eigenvalue weighted by molar-refractivity contribution is -0.111. The topological polar surface area (TPSA) is 49.7 Å². The van der Waals surface area contributed by atoms with Crippen molar-refractivity contribution in [2.24, 2.45) is 4.99 Å². The number of thiol groups is 1. The third-order valence-electron chi connectivity index (χ3n) is 0.956. The lowest BCUT2D eigenvalue weighted by atomic mass is 10.3. The highest BCUT2D eigenvalue weighted by atomic mass is 32.1. The minimum absolute atomic E-state index is 0.284. The lowest BCUT2D eigenvalue weighted by Gasteiger charge is -2.02. The molecular formula is C5H5NO2S. The molecule has 0 aromatic rings. The molecule has 1 N–H and O–H groups in total. The van der Waals surface area contributed by atoms with Crippen molar-refractivity contribution in [3.8, 4) is 0 Å². The molecule has 48 valence electrons. The van der Waals surface area contributed by atoms with Crippen LogP contribution in [0.2, 0.25) is 0 Å². The molecule has 0 spiro atoms. The highest BCUT2D eigenvalue weighted by molar-refractivity contribution is 7.84. The Labute approximate surface area is 57.5 Å². The molecule has 0 fully saturated rings. The van der Waals surface area contributed by atoms with Crippen LogP contribution in [0, 0.1) is 0 Å². The first-order chi connectivity index (χ1) is 4.22. The normalized spacial score (nSPS) is 19.0. The third kappa shape index (κ3) is 1.13. The molecule has 0 aromatic carbocycles. The molecule has 1 heterocycles. The van der Waals surface area contributed by atoms with Gasteiger partial charge in [0.25, 0.3) is 0 Å². The summed E-state index contributed by atoms with van der Waals surface area (Å²) in [5.41, 5.74) is 0. The number of hydrogen-bond donors (Lipinski definition) is 2. The van der Waals surface area contributed by atoms with Crippen LogP contribution >= 0.6 is 12.6 Å². The Bertz CT molecular complexity index is 207. The van der Waals surface area contributed by atoms with Crippen molar-refractivity contribution in [1.82, 2.24) is 0 Å². The minimum atomic E-state index is -0.466. The van der Waals surface area contributed by atoms with Gasteiger partial charge in [0.15, 0.2) is 5.76 Å². The van der Waals surface area contributed by atoms with E-state index >= 15 is 0 Å². The molecule has 1 aliphatic heterocycles. The number of rotatable bonds is 0.